The number of benzene rings is 3. The molecule has 1 amide bonds. The van der Waals surface area contributed by atoms with E-state index in [4.69, 9.17) is 14.5 Å². The zero-order chi connectivity index (χ0) is 22.1. The zero-order valence-electron chi connectivity index (χ0n) is 17.7. The summed E-state index contributed by atoms with van der Waals surface area (Å²) in [5.41, 5.74) is 4.56. The molecular weight excluding hydrogens is 422 g/mol. The molecule has 0 fully saturated rings. The van der Waals surface area contributed by atoms with E-state index in [0.29, 0.717) is 12.1 Å². The van der Waals surface area contributed by atoms with Crippen molar-refractivity contribution in [2.45, 2.75) is 6.54 Å². The Balaban J connectivity index is 1.37. The summed E-state index contributed by atoms with van der Waals surface area (Å²) in [5, 5.41) is 2.98. The van der Waals surface area contributed by atoms with E-state index < -0.39 is 0 Å². The molecule has 6 nitrogen and oxygen atoms in total. The summed E-state index contributed by atoms with van der Waals surface area (Å²) in [4.78, 5) is 18.3. The number of hydrogen-bond donors (Lipinski definition) is 1. The van der Waals surface area contributed by atoms with Gasteiger partial charge in [0.05, 0.1) is 30.1 Å². The fourth-order valence-corrected chi connectivity index (χ4v) is 4.64. The van der Waals surface area contributed by atoms with E-state index >= 15 is 0 Å². The van der Waals surface area contributed by atoms with E-state index in [9.17, 15) is 4.79 Å². The first-order valence-corrected chi connectivity index (χ1v) is 10.9. The summed E-state index contributed by atoms with van der Waals surface area (Å²) >= 11 is 1.56. The summed E-state index contributed by atoms with van der Waals surface area (Å²) in [5.74, 6) is 1.49. The largest absolute Gasteiger partial charge is 0.497 e. The predicted molar refractivity (Wildman–Crippen MR) is 127 cm³/mol. The first-order chi connectivity index (χ1) is 15.6. The Kier molecular flexibility index (Phi) is 5.25. The van der Waals surface area contributed by atoms with Crippen molar-refractivity contribution < 1.29 is 14.3 Å². The lowest BCUT2D eigenvalue weighted by molar-refractivity contribution is 0.0951. The maximum absolute atomic E-state index is 12.7. The lowest BCUT2D eigenvalue weighted by Gasteiger charge is -2.06. The molecule has 0 radical (unpaired) electrons. The van der Waals surface area contributed by atoms with Gasteiger partial charge in [-0.1, -0.05) is 35.6 Å². The molecule has 160 valence electrons. The van der Waals surface area contributed by atoms with Gasteiger partial charge in [-0.05, 0) is 48.0 Å². The minimum atomic E-state index is -0.106. The number of nitrogens with one attached hydrogen (secondary N) is 1. The standard InChI is InChI=1S/C25H21N3O3S/c1-30-19-9-6-16(7-10-19)14-26-24(29)18-8-11-22-23(13-18)32-25-27-21(15-28(22)25)17-4-3-5-20(12-17)31-2/h3-13,15H,14H2,1-2H3,(H,26,29). The molecule has 7 heteroatoms. The number of hydrogen-bond acceptors (Lipinski definition) is 5. The molecule has 3 aromatic carbocycles. The second kappa shape index (κ2) is 8.36. The third kappa shape index (κ3) is 3.78. The second-order valence-corrected chi connectivity index (χ2v) is 8.34. The van der Waals surface area contributed by atoms with Crippen molar-refractivity contribution in [2.75, 3.05) is 14.2 Å². The number of ether oxygens (including phenoxy) is 2. The third-order valence-corrected chi connectivity index (χ3v) is 6.35. The Morgan fingerprint density at radius 2 is 1.81 bits per heavy atom. The van der Waals surface area contributed by atoms with Gasteiger partial charge in [0.2, 0.25) is 0 Å². The fourth-order valence-electron chi connectivity index (χ4n) is 3.59. The van der Waals surface area contributed by atoms with Gasteiger partial charge in [0.25, 0.3) is 5.91 Å². The lowest BCUT2D eigenvalue weighted by atomic mass is 10.1. The van der Waals surface area contributed by atoms with Gasteiger partial charge < -0.3 is 14.8 Å². The first kappa shape index (κ1) is 20.1. The highest BCUT2D eigenvalue weighted by atomic mass is 32.1. The van der Waals surface area contributed by atoms with Crippen LogP contribution in [0.1, 0.15) is 15.9 Å². The number of fused-ring (bicyclic) bond motifs is 3. The highest BCUT2D eigenvalue weighted by Gasteiger charge is 2.13. The summed E-state index contributed by atoms with van der Waals surface area (Å²) in [6.45, 7) is 0.457. The molecule has 0 unspecified atom stereocenters. The normalized spacial score (nSPS) is 11.1. The minimum Gasteiger partial charge on any atom is -0.497 e. The van der Waals surface area contributed by atoms with Crippen LogP contribution in [0.5, 0.6) is 11.5 Å². The van der Waals surface area contributed by atoms with Gasteiger partial charge in [0, 0.05) is 23.9 Å². The maximum Gasteiger partial charge on any atom is 0.251 e. The van der Waals surface area contributed by atoms with Crippen LogP contribution in [0.4, 0.5) is 0 Å². The Morgan fingerprint density at radius 1 is 1.00 bits per heavy atom. The van der Waals surface area contributed by atoms with Crippen LogP contribution in [-0.2, 0) is 6.54 Å². The molecule has 1 N–H and O–H groups in total. The van der Waals surface area contributed by atoms with Gasteiger partial charge in [-0.15, -0.1) is 0 Å². The first-order valence-electron chi connectivity index (χ1n) is 10.1. The van der Waals surface area contributed by atoms with E-state index in [0.717, 1.165) is 43.5 Å². The number of carbonyl (C=O) groups excluding carboxylic acids is 1. The van der Waals surface area contributed by atoms with E-state index in [-0.39, 0.29) is 5.91 Å². The van der Waals surface area contributed by atoms with Crippen LogP contribution in [0.2, 0.25) is 0 Å². The third-order valence-electron chi connectivity index (χ3n) is 5.33. The number of thiazole rings is 1. The highest BCUT2D eigenvalue weighted by Crippen LogP contribution is 2.31. The zero-order valence-corrected chi connectivity index (χ0v) is 18.5. The summed E-state index contributed by atoms with van der Waals surface area (Å²) in [6, 6.07) is 21.2. The van der Waals surface area contributed by atoms with Crippen LogP contribution < -0.4 is 14.8 Å². The van der Waals surface area contributed by atoms with Crippen molar-refractivity contribution in [1.82, 2.24) is 14.7 Å². The topological polar surface area (TPSA) is 64.9 Å². The van der Waals surface area contributed by atoms with Crippen LogP contribution in [0, 0.1) is 0 Å². The van der Waals surface area contributed by atoms with Crippen LogP contribution in [0.15, 0.2) is 72.9 Å². The van der Waals surface area contributed by atoms with Crippen molar-refractivity contribution in [2.24, 2.45) is 0 Å². The van der Waals surface area contributed by atoms with Gasteiger partial charge in [0.1, 0.15) is 11.5 Å². The molecule has 0 bridgehead atoms. The Hall–Kier alpha value is -3.84. The van der Waals surface area contributed by atoms with E-state index in [1.165, 1.54) is 0 Å². The number of nitrogens with zero attached hydrogens (tertiary/aromatic N) is 2. The number of amides is 1. The quantitative estimate of drug-likeness (QED) is 0.394. The smallest absolute Gasteiger partial charge is 0.251 e. The molecule has 0 aliphatic heterocycles. The number of rotatable bonds is 6. The number of carbonyl (C=O) groups is 1. The highest BCUT2D eigenvalue weighted by molar-refractivity contribution is 7.23. The van der Waals surface area contributed by atoms with Gasteiger partial charge in [-0.3, -0.25) is 9.20 Å². The minimum absolute atomic E-state index is 0.106. The SMILES string of the molecule is COc1ccc(CNC(=O)c2ccc3c(c2)sc2nc(-c4cccc(OC)c4)cn23)cc1. The number of imidazole rings is 1. The number of aromatic nitrogens is 2. The predicted octanol–water partition coefficient (Wildman–Crippen LogP) is 5.16. The van der Waals surface area contributed by atoms with Crippen molar-refractivity contribution in [3.63, 3.8) is 0 Å². The molecule has 0 saturated carbocycles. The molecule has 5 aromatic rings. The molecule has 0 saturated heterocycles. The summed E-state index contributed by atoms with van der Waals surface area (Å²) < 4.78 is 13.6. The van der Waals surface area contributed by atoms with Gasteiger partial charge in [-0.2, -0.15) is 0 Å². The van der Waals surface area contributed by atoms with Crippen LogP contribution in [-0.4, -0.2) is 29.5 Å². The maximum atomic E-state index is 12.7. The molecule has 2 heterocycles. The average molecular weight is 444 g/mol. The van der Waals surface area contributed by atoms with Crippen LogP contribution >= 0.6 is 11.3 Å². The van der Waals surface area contributed by atoms with Crippen LogP contribution in [0.25, 0.3) is 26.4 Å². The van der Waals surface area contributed by atoms with E-state index in [1.807, 2.05) is 72.9 Å². The van der Waals surface area contributed by atoms with Crippen molar-refractivity contribution in [3.05, 3.63) is 84.1 Å². The Morgan fingerprint density at radius 3 is 2.59 bits per heavy atom. The summed E-state index contributed by atoms with van der Waals surface area (Å²) in [7, 11) is 3.29. The molecule has 2 aromatic heterocycles. The van der Waals surface area contributed by atoms with Crippen LogP contribution in [0.3, 0.4) is 0 Å². The molecule has 32 heavy (non-hydrogen) atoms. The van der Waals surface area contributed by atoms with Gasteiger partial charge >= 0.3 is 0 Å². The molecule has 0 atom stereocenters. The van der Waals surface area contributed by atoms with E-state index in [2.05, 4.69) is 9.72 Å². The van der Waals surface area contributed by atoms with E-state index in [1.54, 1.807) is 25.6 Å². The monoisotopic (exact) mass is 443 g/mol. The molecule has 0 spiro atoms. The fraction of sp³-hybridized carbons (Fsp3) is 0.120. The second-order valence-electron chi connectivity index (χ2n) is 7.33. The molecule has 0 aliphatic carbocycles. The molecule has 0 aliphatic rings. The van der Waals surface area contributed by atoms with Gasteiger partial charge in [0.15, 0.2) is 4.96 Å². The lowest BCUT2D eigenvalue weighted by Crippen LogP contribution is -2.22. The van der Waals surface area contributed by atoms with Crippen molar-refractivity contribution >= 4 is 32.4 Å². The Bertz CT molecular complexity index is 1420. The average Bonchev–Trinajstić information content (AvgIpc) is 3.40. The summed E-state index contributed by atoms with van der Waals surface area (Å²) in [6.07, 6.45) is 2.02. The Labute approximate surface area is 189 Å². The number of methoxy groups -OCH3 is 2. The molecule has 5 rings (SSSR count). The molecular formula is C25H21N3O3S. The van der Waals surface area contributed by atoms with Gasteiger partial charge in [-0.25, -0.2) is 4.98 Å². The van der Waals surface area contributed by atoms with Crippen molar-refractivity contribution in [1.29, 1.82) is 0 Å². The van der Waals surface area contributed by atoms with Crippen molar-refractivity contribution in [3.8, 4) is 22.8 Å².